The molecule has 0 aliphatic carbocycles. The van der Waals surface area contributed by atoms with Crippen LogP contribution in [0.5, 0.6) is 0 Å². The van der Waals surface area contributed by atoms with Crippen molar-refractivity contribution in [1.29, 1.82) is 0 Å². The molecule has 0 amide bonds. The normalized spacial score (nSPS) is 16.8. The van der Waals surface area contributed by atoms with E-state index in [-0.39, 0.29) is 0 Å². The maximum atomic E-state index is 5.18. The average Bonchev–Trinajstić information content (AvgIpc) is 3.64. The fourth-order valence-corrected chi connectivity index (χ4v) is 7.17. The molecule has 9 heteroatoms. The number of hydrogen-bond donors (Lipinski definition) is 0. The van der Waals surface area contributed by atoms with Gasteiger partial charge in [0, 0.05) is 106 Å². The van der Waals surface area contributed by atoms with Gasteiger partial charge in [0.2, 0.25) is 0 Å². The highest BCUT2D eigenvalue weighted by atomic mass is 15.2. The van der Waals surface area contributed by atoms with Crippen molar-refractivity contribution in [3.8, 4) is 28.3 Å². The fraction of sp³-hybridized carbons (Fsp3) is 0.409. The molecule has 4 heterocycles. The Hall–Kier alpha value is -4.54. The quantitative estimate of drug-likeness (QED) is 0.0897. The van der Waals surface area contributed by atoms with Gasteiger partial charge >= 0.3 is 0 Å². The Morgan fingerprint density at radius 3 is 1.64 bits per heavy atom. The van der Waals surface area contributed by atoms with Crippen LogP contribution >= 0.6 is 0 Å². The van der Waals surface area contributed by atoms with Crippen LogP contribution in [0.2, 0.25) is 0 Å². The minimum absolute atomic E-state index is 0.706. The van der Waals surface area contributed by atoms with Gasteiger partial charge in [0.1, 0.15) is 5.65 Å². The molecule has 7 rings (SSSR count). The smallest absolute Gasteiger partial charge is 0.162 e. The number of likely N-dealkylation sites (N-methyl/N-ethyl adjacent to an activating group) is 2. The number of piperazine rings is 2. The molecule has 0 saturated carbocycles. The zero-order valence-corrected chi connectivity index (χ0v) is 31.7. The first-order valence-electron chi connectivity index (χ1n) is 19.6. The molecule has 0 unspecified atom stereocenters. The van der Waals surface area contributed by atoms with Gasteiger partial charge in [-0.1, -0.05) is 66.7 Å². The second-order valence-electron chi connectivity index (χ2n) is 14.7. The standard InChI is InChI=1S/C44H55N9/c1-49-26-30-51(31-27-49)23-8-6-21-45-34-36-12-16-38(17-13-36)42-41-20-25-53(40-10-4-3-5-11-40)44(41)48-43(47-42)39-18-14-37(15-19-39)35-46-22-7-9-24-52-32-28-50(2)29-33-52/h3-5,10-20,25,34-35H,6-9,21-24,26-33H2,1-2H3/b45-34-,46-35+. The topological polar surface area (TPSA) is 68.4 Å². The van der Waals surface area contributed by atoms with Gasteiger partial charge in [-0.25, -0.2) is 9.97 Å². The van der Waals surface area contributed by atoms with Crippen LogP contribution in [0.4, 0.5) is 0 Å². The first-order chi connectivity index (χ1) is 26.1. The molecule has 0 atom stereocenters. The van der Waals surface area contributed by atoms with Gasteiger partial charge in [-0.05, 0) is 82.2 Å². The molecule has 2 saturated heterocycles. The Morgan fingerprint density at radius 1 is 0.566 bits per heavy atom. The van der Waals surface area contributed by atoms with E-state index in [0.29, 0.717) is 5.82 Å². The number of aromatic nitrogens is 3. The molecule has 2 aliphatic rings. The number of aliphatic imine (C=N–C) groups is 2. The number of para-hydroxylation sites is 1. The van der Waals surface area contributed by atoms with Crippen molar-refractivity contribution in [2.75, 3.05) is 92.6 Å². The summed E-state index contributed by atoms with van der Waals surface area (Å²) < 4.78 is 2.15. The van der Waals surface area contributed by atoms with Crippen LogP contribution in [-0.2, 0) is 0 Å². The summed E-state index contributed by atoms with van der Waals surface area (Å²) in [4.78, 5) is 29.8. The van der Waals surface area contributed by atoms with Crippen molar-refractivity contribution in [3.05, 3.63) is 102 Å². The molecule has 2 aromatic heterocycles. The van der Waals surface area contributed by atoms with Gasteiger partial charge in [0.05, 0.1) is 5.69 Å². The van der Waals surface area contributed by atoms with E-state index in [0.717, 1.165) is 70.6 Å². The largest absolute Gasteiger partial charge is 0.304 e. The molecule has 53 heavy (non-hydrogen) atoms. The van der Waals surface area contributed by atoms with E-state index < -0.39 is 0 Å². The highest BCUT2D eigenvalue weighted by molar-refractivity contribution is 5.94. The minimum atomic E-state index is 0.706. The Balaban J connectivity index is 1.01. The third kappa shape index (κ3) is 10.1. The Kier molecular flexibility index (Phi) is 12.8. The van der Waals surface area contributed by atoms with E-state index in [4.69, 9.17) is 20.0 Å². The molecule has 0 bridgehead atoms. The third-order valence-electron chi connectivity index (χ3n) is 10.6. The molecular formula is C44H55N9. The molecule has 2 fully saturated rings. The van der Waals surface area contributed by atoms with Crippen molar-refractivity contribution in [1.82, 2.24) is 34.1 Å². The summed E-state index contributed by atoms with van der Waals surface area (Å²) in [5.74, 6) is 0.706. The van der Waals surface area contributed by atoms with E-state index in [1.165, 1.54) is 78.3 Å². The van der Waals surface area contributed by atoms with E-state index in [2.05, 4.69) is 123 Å². The van der Waals surface area contributed by atoms with Gasteiger partial charge in [-0.3, -0.25) is 9.98 Å². The average molecular weight is 710 g/mol. The van der Waals surface area contributed by atoms with Crippen LogP contribution in [-0.4, -0.2) is 139 Å². The van der Waals surface area contributed by atoms with Crippen molar-refractivity contribution < 1.29 is 0 Å². The summed E-state index contributed by atoms with van der Waals surface area (Å²) in [5.41, 5.74) is 7.12. The molecule has 9 nitrogen and oxygen atoms in total. The first kappa shape index (κ1) is 36.8. The number of benzene rings is 3. The lowest BCUT2D eigenvalue weighted by molar-refractivity contribution is 0.152. The molecule has 2 aliphatic heterocycles. The van der Waals surface area contributed by atoms with E-state index in [1.807, 2.05) is 18.5 Å². The number of fused-ring (bicyclic) bond motifs is 1. The van der Waals surface area contributed by atoms with Gasteiger partial charge in [-0.2, -0.15) is 0 Å². The summed E-state index contributed by atoms with van der Waals surface area (Å²) in [6.45, 7) is 13.5. The van der Waals surface area contributed by atoms with Crippen molar-refractivity contribution >= 4 is 23.5 Å². The summed E-state index contributed by atoms with van der Waals surface area (Å²) in [5, 5.41) is 1.02. The lowest BCUT2D eigenvalue weighted by atomic mass is 10.1. The minimum Gasteiger partial charge on any atom is -0.304 e. The van der Waals surface area contributed by atoms with Crippen molar-refractivity contribution in [2.24, 2.45) is 9.98 Å². The van der Waals surface area contributed by atoms with Gasteiger partial charge in [0.15, 0.2) is 5.82 Å². The Labute approximate surface area is 315 Å². The van der Waals surface area contributed by atoms with Crippen molar-refractivity contribution in [2.45, 2.75) is 25.7 Å². The summed E-state index contributed by atoms with van der Waals surface area (Å²) in [6, 6.07) is 29.6. The van der Waals surface area contributed by atoms with Crippen LogP contribution in [0, 0.1) is 0 Å². The van der Waals surface area contributed by atoms with Crippen LogP contribution < -0.4 is 0 Å². The second-order valence-corrected chi connectivity index (χ2v) is 14.7. The summed E-state index contributed by atoms with van der Waals surface area (Å²) in [6.07, 6.45) is 10.7. The van der Waals surface area contributed by atoms with Crippen LogP contribution in [0.3, 0.4) is 0 Å². The summed E-state index contributed by atoms with van der Waals surface area (Å²) in [7, 11) is 4.42. The van der Waals surface area contributed by atoms with Gasteiger partial charge < -0.3 is 24.2 Å². The zero-order chi connectivity index (χ0) is 36.2. The van der Waals surface area contributed by atoms with E-state index >= 15 is 0 Å². The number of unbranched alkanes of at least 4 members (excludes halogenated alkanes) is 2. The highest BCUT2D eigenvalue weighted by Gasteiger charge is 2.17. The zero-order valence-electron chi connectivity index (χ0n) is 31.7. The molecule has 0 N–H and O–H groups in total. The lowest BCUT2D eigenvalue weighted by Gasteiger charge is -2.32. The van der Waals surface area contributed by atoms with Crippen LogP contribution in [0.1, 0.15) is 36.8 Å². The SMILES string of the molecule is CN1CCN(CCCC/N=C\c2ccc(-c3nc(-c4ccc(/C=N/CCCCN5CCN(C)CC5)cc4)nc4c3ccn4-c3ccccc3)cc2)CC1. The number of nitrogens with zero attached hydrogens (tertiary/aromatic N) is 9. The number of hydrogen-bond acceptors (Lipinski definition) is 8. The molecule has 0 radical (unpaired) electrons. The molecular weight excluding hydrogens is 655 g/mol. The highest BCUT2D eigenvalue weighted by Crippen LogP contribution is 2.31. The molecule has 5 aromatic rings. The maximum Gasteiger partial charge on any atom is 0.162 e. The van der Waals surface area contributed by atoms with E-state index in [9.17, 15) is 0 Å². The lowest BCUT2D eigenvalue weighted by Crippen LogP contribution is -2.44. The van der Waals surface area contributed by atoms with Crippen LogP contribution in [0.15, 0.2) is 101 Å². The van der Waals surface area contributed by atoms with Crippen molar-refractivity contribution in [3.63, 3.8) is 0 Å². The van der Waals surface area contributed by atoms with E-state index in [1.54, 1.807) is 0 Å². The second kappa shape index (κ2) is 18.5. The predicted molar refractivity (Wildman–Crippen MR) is 221 cm³/mol. The van der Waals surface area contributed by atoms with Gasteiger partial charge in [-0.15, -0.1) is 0 Å². The maximum absolute atomic E-state index is 5.18. The predicted octanol–water partition coefficient (Wildman–Crippen LogP) is 6.65. The Morgan fingerprint density at radius 2 is 1.09 bits per heavy atom. The molecule has 3 aromatic carbocycles. The monoisotopic (exact) mass is 709 g/mol. The summed E-state index contributed by atoms with van der Waals surface area (Å²) >= 11 is 0. The molecule has 276 valence electrons. The molecule has 0 spiro atoms. The fourth-order valence-electron chi connectivity index (χ4n) is 7.17. The third-order valence-corrected chi connectivity index (χ3v) is 10.6. The Bertz CT molecular complexity index is 1920. The number of rotatable bonds is 15. The van der Waals surface area contributed by atoms with Gasteiger partial charge in [0.25, 0.3) is 0 Å². The van der Waals surface area contributed by atoms with Crippen LogP contribution in [0.25, 0.3) is 39.4 Å². The first-order valence-corrected chi connectivity index (χ1v) is 19.6.